The zero-order chi connectivity index (χ0) is 24.8. The molecule has 1 aliphatic rings. The van der Waals surface area contributed by atoms with Gasteiger partial charge in [-0.15, -0.1) is 11.3 Å². The Hall–Kier alpha value is -3.85. The number of hydrogen-bond donors (Lipinski definition) is 0. The summed E-state index contributed by atoms with van der Waals surface area (Å²) >= 11 is 1.55. The van der Waals surface area contributed by atoms with Crippen molar-refractivity contribution in [1.82, 2.24) is 5.01 Å². The maximum Gasteiger partial charge on any atom is 0.347 e. The van der Waals surface area contributed by atoms with E-state index in [4.69, 9.17) is 18.9 Å². The van der Waals surface area contributed by atoms with Crippen molar-refractivity contribution in [3.63, 3.8) is 0 Å². The molecule has 3 aromatic rings. The summed E-state index contributed by atoms with van der Waals surface area (Å²) in [6.45, 7) is 1.13. The number of hydrazone groups is 1. The Balaban J connectivity index is 1.49. The van der Waals surface area contributed by atoms with Gasteiger partial charge in [0.15, 0.2) is 24.2 Å². The number of esters is 1. The smallest absolute Gasteiger partial charge is 0.347 e. The summed E-state index contributed by atoms with van der Waals surface area (Å²) in [7, 11) is 3.13. The predicted molar refractivity (Wildman–Crippen MR) is 132 cm³/mol. The van der Waals surface area contributed by atoms with Crippen LogP contribution >= 0.6 is 11.3 Å². The van der Waals surface area contributed by atoms with Gasteiger partial charge in [0.2, 0.25) is 0 Å². The second kappa shape index (κ2) is 11.1. The van der Waals surface area contributed by atoms with E-state index in [2.05, 4.69) is 5.10 Å². The van der Waals surface area contributed by atoms with Crippen LogP contribution in [0.4, 0.5) is 0 Å². The molecule has 2 aromatic carbocycles. The van der Waals surface area contributed by atoms with Crippen molar-refractivity contribution in [2.24, 2.45) is 5.10 Å². The first-order valence-electron chi connectivity index (χ1n) is 11.0. The first kappa shape index (κ1) is 24.3. The molecule has 182 valence electrons. The highest BCUT2D eigenvalue weighted by atomic mass is 32.1. The van der Waals surface area contributed by atoms with Gasteiger partial charge in [-0.2, -0.15) is 5.10 Å². The first-order chi connectivity index (χ1) is 17.0. The van der Waals surface area contributed by atoms with E-state index in [0.717, 1.165) is 16.2 Å². The number of benzene rings is 2. The molecule has 0 N–H and O–H groups in total. The standard InChI is InChI=1S/C26H26N2O6S/c1-17(34-19-8-5-4-6-9-19)26(30)33-16-25(29)28-21(15-20(27-28)24-10-7-13-35-24)18-11-12-22(31-2)23(14-18)32-3/h4-14,17,21H,15-16H2,1-3H3. The van der Waals surface area contributed by atoms with Gasteiger partial charge in [-0.05, 0) is 48.2 Å². The lowest BCUT2D eigenvalue weighted by molar-refractivity contribution is -0.158. The van der Waals surface area contributed by atoms with Gasteiger partial charge in [0.05, 0.1) is 30.9 Å². The van der Waals surface area contributed by atoms with Gasteiger partial charge in [-0.1, -0.05) is 30.3 Å². The number of rotatable bonds is 9. The van der Waals surface area contributed by atoms with E-state index < -0.39 is 24.6 Å². The van der Waals surface area contributed by atoms with Crippen LogP contribution < -0.4 is 14.2 Å². The Labute approximate surface area is 207 Å². The number of hydrogen-bond acceptors (Lipinski definition) is 8. The molecule has 0 fully saturated rings. The number of nitrogens with zero attached hydrogens (tertiary/aromatic N) is 2. The van der Waals surface area contributed by atoms with E-state index in [0.29, 0.717) is 23.7 Å². The Morgan fingerprint density at radius 2 is 1.83 bits per heavy atom. The molecule has 0 bridgehead atoms. The molecule has 0 radical (unpaired) electrons. The molecule has 9 heteroatoms. The third-order valence-corrected chi connectivity index (χ3v) is 6.41. The van der Waals surface area contributed by atoms with Gasteiger partial charge >= 0.3 is 5.97 Å². The maximum atomic E-state index is 13.2. The molecule has 0 saturated carbocycles. The summed E-state index contributed by atoms with van der Waals surface area (Å²) in [5.74, 6) is 0.623. The minimum atomic E-state index is -0.865. The molecule has 35 heavy (non-hydrogen) atoms. The molecule has 8 nitrogen and oxygen atoms in total. The number of carbonyl (C=O) groups excluding carboxylic acids is 2. The summed E-state index contributed by atoms with van der Waals surface area (Å²) in [5.41, 5.74) is 1.62. The Bertz CT molecular complexity index is 1200. The Morgan fingerprint density at radius 3 is 2.51 bits per heavy atom. The summed E-state index contributed by atoms with van der Waals surface area (Å²) in [5, 5.41) is 7.94. The van der Waals surface area contributed by atoms with E-state index in [9.17, 15) is 9.59 Å². The topological polar surface area (TPSA) is 86.7 Å². The van der Waals surface area contributed by atoms with E-state index in [1.807, 2.05) is 47.8 Å². The average molecular weight is 495 g/mol. The van der Waals surface area contributed by atoms with Crippen molar-refractivity contribution in [3.05, 3.63) is 76.5 Å². The molecular weight excluding hydrogens is 468 g/mol. The second-order valence-electron chi connectivity index (χ2n) is 7.78. The van der Waals surface area contributed by atoms with Crippen molar-refractivity contribution >= 4 is 28.9 Å². The van der Waals surface area contributed by atoms with E-state index in [1.165, 1.54) is 5.01 Å². The van der Waals surface area contributed by atoms with Crippen LogP contribution in [0.2, 0.25) is 0 Å². The predicted octanol–water partition coefficient (Wildman–Crippen LogP) is 4.45. The lowest BCUT2D eigenvalue weighted by atomic mass is 10.0. The summed E-state index contributed by atoms with van der Waals surface area (Å²) < 4.78 is 21.6. The molecule has 2 unspecified atom stereocenters. The van der Waals surface area contributed by atoms with Gasteiger partial charge in [0, 0.05) is 6.42 Å². The van der Waals surface area contributed by atoms with Crippen molar-refractivity contribution in [1.29, 1.82) is 0 Å². The van der Waals surface area contributed by atoms with Crippen LogP contribution in [-0.4, -0.2) is 49.5 Å². The van der Waals surface area contributed by atoms with Gasteiger partial charge in [-0.3, -0.25) is 4.79 Å². The van der Waals surface area contributed by atoms with Crippen LogP contribution in [0.3, 0.4) is 0 Å². The number of methoxy groups -OCH3 is 2. The second-order valence-corrected chi connectivity index (χ2v) is 8.73. The molecule has 1 amide bonds. The molecule has 2 heterocycles. The number of carbonyl (C=O) groups is 2. The molecule has 1 aliphatic heterocycles. The van der Waals surface area contributed by atoms with Crippen LogP contribution in [0.15, 0.2) is 71.1 Å². The van der Waals surface area contributed by atoms with Gasteiger partial charge in [0.25, 0.3) is 5.91 Å². The fraction of sp³-hybridized carbons (Fsp3) is 0.269. The molecule has 0 spiro atoms. The summed E-state index contributed by atoms with van der Waals surface area (Å²) in [6, 6.07) is 18.0. The summed E-state index contributed by atoms with van der Waals surface area (Å²) in [6.07, 6.45) is -0.348. The summed E-state index contributed by atoms with van der Waals surface area (Å²) in [4.78, 5) is 26.6. The van der Waals surface area contributed by atoms with Crippen LogP contribution in [0.5, 0.6) is 17.2 Å². The molecule has 0 aliphatic carbocycles. The number of ether oxygens (including phenoxy) is 4. The van der Waals surface area contributed by atoms with Crippen LogP contribution in [0.25, 0.3) is 0 Å². The van der Waals surface area contributed by atoms with Crippen LogP contribution in [-0.2, 0) is 14.3 Å². The third kappa shape index (κ3) is 5.63. The van der Waals surface area contributed by atoms with Gasteiger partial charge in [-0.25, -0.2) is 9.80 Å². The highest BCUT2D eigenvalue weighted by Crippen LogP contribution is 2.37. The fourth-order valence-corrected chi connectivity index (χ4v) is 4.44. The van der Waals surface area contributed by atoms with E-state index in [1.54, 1.807) is 50.7 Å². The number of para-hydroxylation sites is 1. The Kier molecular flexibility index (Phi) is 7.67. The van der Waals surface area contributed by atoms with Crippen molar-refractivity contribution < 1.29 is 28.5 Å². The van der Waals surface area contributed by atoms with E-state index >= 15 is 0 Å². The molecule has 1 aromatic heterocycles. The first-order valence-corrected chi connectivity index (χ1v) is 11.9. The number of thiophene rings is 1. The van der Waals surface area contributed by atoms with Gasteiger partial charge in [0.1, 0.15) is 5.75 Å². The lowest BCUT2D eigenvalue weighted by Crippen LogP contribution is -2.34. The number of amides is 1. The van der Waals surface area contributed by atoms with Gasteiger partial charge < -0.3 is 18.9 Å². The average Bonchev–Trinajstić information content (AvgIpc) is 3.57. The van der Waals surface area contributed by atoms with Crippen molar-refractivity contribution in [2.45, 2.75) is 25.5 Å². The monoisotopic (exact) mass is 494 g/mol. The molecule has 2 atom stereocenters. The Morgan fingerprint density at radius 1 is 1.06 bits per heavy atom. The maximum absolute atomic E-state index is 13.2. The zero-order valence-corrected chi connectivity index (χ0v) is 20.5. The highest BCUT2D eigenvalue weighted by Gasteiger charge is 2.34. The van der Waals surface area contributed by atoms with Crippen LogP contribution in [0, 0.1) is 0 Å². The minimum absolute atomic E-state index is 0.379. The normalized spacial score (nSPS) is 15.8. The highest BCUT2D eigenvalue weighted by molar-refractivity contribution is 7.12. The third-order valence-electron chi connectivity index (χ3n) is 5.49. The van der Waals surface area contributed by atoms with Crippen molar-refractivity contribution in [2.75, 3.05) is 20.8 Å². The minimum Gasteiger partial charge on any atom is -0.493 e. The van der Waals surface area contributed by atoms with E-state index in [-0.39, 0.29) is 6.04 Å². The van der Waals surface area contributed by atoms with Crippen molar-refractivity contribution in [3.8, 4) is 17.2 Å². The van der Waals surface area contributed by atoms with Crippen LogP contribution in [0.1, 0.15) is 29.8 Å². The SMILES string of the molecule is COc1ccc(C2CC(c3cccs3)=NN2C(=O)COC(=O)C(C)Oc2ccccc2)cc1OC. The molecular formula is C26H26N2O6S. The lowest BCUT2D eigenvalue weighted by Gasteiger charge is -2.23. The fourth-order valence-electron chi connectivity index (χ4n) is 3.72. The molecule has 4 rings (SSSR count). The zero-order valence-electron chi connectivity index (χ0n) is 19.7. The molecule has 0 saturated heterocycles. The largest absolute Gasteiger partial charge is 0.493 e. The quantitative estimate of drug-likeness (QED) is 0.409.